The van der Waals surface area contributed by atoms with E-state index in [0.717, 1.165) is 0 Å². The van der Waals surface area contributed by atoms with Gasteiger partial charge in [0.25, 0.3) is 5.69 Å². The first kappa shape index (κ1) is 13.5. The molecule has 0 bridgehead atoms. The molecule has 1 saturated heterocycles. The molecule has 1 fully saturated rings. The maximum absolute atomic E-state index is 12.0. The second-order valence-corrected chi connectivity index (χ2v) is 4.78. The summed E-state index contributed by atoms with van der Waals surface area (Å²) >= 11 is 0. The van der Waals surface area contributed by atoms with Crippen LogP contribution in [0.5, 0.6) is 0 Å². The normalized spacial score (nSPS) is 18.6. The number of nitrogens with zero attached hydrogens (tertiary/aromatic N) is 2. The van der Waals surface area contributed by atoms with E-state index in [0.29, 0.717) is 30.6 Å². The Labute approximate surface area is 110 Å². The van der Waals surface area contributed by atoms with E-state index in [2.05, 4.69) is 0 Å². The van der Waals surface area contributed by atoms with E-state index in [-0.39, 0.29) is 18.0 Å². The van der Waals surface area contributed by atoms with E-state index in [1.165, 1.54) is 6.07 Å². The molecule has 0 spiro atoms. The molecule has 6 nitrogen and oxygen atoms in total. The summed E-state index contributed by atoms with van der Waals surface area (Å²) in [6, 6.07) is 4.75. The molecule has 1 heterocycles. The van der Waals surface area contributed by atoms with Gasteiger partial charge in [-0.3, -0.25) is 14.9 Å². The summed E-state index contributed by atoms with van der Waals surface area (Å²) in [5, 5.41) is 20.2. The van der Waals surface area contributed by atoms with Crippen molar-refractivity contribution in [3.8, 4) is 0 Å². The number of rotatable bonds is 3. The average molecular weight is 264 g/mol. The smallest absolute Gasteiger partial charge is 0.272 e. The van der Waals surface area contributed by atoms with Crippen molar-refractivity contribution in [1.82, 2.24) is 4.90 Å². The summed E-state index contributed by atoms with van der Waals surface area (Å²) in [7, 11) is 0. The molecule has 0 aromatic heterocycles. The second-order valence-electron chi connectivity index (χ2n) is 4.78. The first-order valence-corrected chi connectivity index (χ1v) is 6.17. The van der Waals surface area contributed by atoms with E-state index in [4.69, 9.17) is 0 Å². The molecule has 2 rings (SSSR count). The molecular weight excluding hydrogens is 248 g/mol. The maximum Gasteiger partial charge on any atom is 0.272 e. The lowest BCUT2D eigenvalue weighted by Gasteiger charge is -2.16. The molecule has 0 aliphatic carbocycles. The highest BCUT2D eigenvalue weighted by Gasteiger charge is 2.25. The van der Waals surface area contributed by atoms with Gasteiger partial charge in [0.05, 0.1) is 17.4 Å². The molecule has 1 aliphatic rings. The van der Waals surface area contributed by atoms with Gasteiger partial charge in [-0.05, 0) is 18.9 Å². The number of hydrogen-bond acceptors (Lipinski definition) is 4. The van der Waals surface area contributed by atoms with Gasteiger partial charge in [-0.2, -0.15) is 0 Å². The van der Waals surface area contributed by atoms with E-state index in [9.17, 15) is 20.0 Å². The third-order valence-electron chi connectivity index (χ3n) is 3.47. The van der Waals surface area contributed by atoms with E-state index >= 15 is 0 Å². The van der Waals surface area contributed by atoms with Crippen molar-refractivity contribution in [2.24, 2.45) is 0 Å². The molecule has 102 valence electrons. The average Bonchev–Trinajstić information content (AvgIpc) is 2.78. The van der Waals surface area contributed by atoms with Crippen LogP contribution in [0.15, 0.2) is 18.2 Å². The van der Waals surface area contributed by atoms with Crippen LogP contribution >= 0.6 is 0 Å². The van der Waals surface area contributed by atoms with E-state index in [1.807, 2.05) is 0 Å². The van der Waals surface area contributed by atoms with Crippen LogP contribution in [0.2, 0.25) is 0 Å². The number of likely N-dealkylation sites (tertiary alicyclic amines) is 1. The minimum absolute atomic E-state index is 0.0340. The van der Waals surface area contributed by atoms with Crippen LogP contribution in [-0.2, 0) is 11.2 Å². The fourth-order valence-electron chi connectivity index (χ4n) is 2.30. The van der Waals surface area contributed by atoms with Gasteiger partial charge >= 0.3 is 0 Å². The molecule has 1 N–H and O–H groups in total. The standard InChI is InChI=1S/C13H16N2O4/c1-9-10(3-2-4-12(9)15(18)19)7-13(17)14-6-5-11(16)8-14/h2-4,11,16H,5-8H2,1H3/t11-/m1/s1. The summed E-state index contributed by atoms with van der Waals surface area (Å²) < 4.78 is 0. The maximum atomic E-state index is 12.0. The van der Waals surface area contributed by atoms with E-state index in [1.54, 1.807) is 24.0 Å². The fourth-order valence-corrected chi connectivity index (χ4v) is 2.30. The topological polar surface area (TPSA) is 83.7 Å². The van der Waals surface area contributed by atoms with Crippen LogP contribution in [0.1, 0.15) is 17.5 Å². The number of nitro benzene ring substituents is 1. The Balaban J connectivity index is 2.13. The molecule has 1 aliphatic heterocycles. The van der Waals surface area contributed by atoms with Crippen molar-refractivity contribution < 1.29 is 14.8 Å². The van der Waals surface area contributed by atoms with Gasteiger partial charge in [0.15, 0.2) is 0 Å². The van der Waals surface area contributed by atoms with Gasteiger partial charge in [0.2, 0.25) is 5.91 Å². The second kappa shape index (κ2) is 5.36. The molecule has 0 radical (unpaired) electrons. The molecule has 1 aromatic rings. The molecule has 1 amide bonds. The lowest BCUT2D eigenvalue weighted by molar-refractivity contribution is -0.385. The van der Waals surface area contributed by atoms with Gasteiger partial charge in [-0.25, -0.2) is 0 Å². The zero-order valence-electron chi connectivity index (χ0n) is 10.7. The van der Waals surface area contributed by atoms with Crippen LogP contribution < -0.4 is 0 Å². The zero-order valence-corrected chi connectivity index (χ0v) is 10.7. The van der Waals surface area contributed by atoms with Crippen molar-refractivity contribution in [3.63, 3.8) is 0 Å². The molecule has 19 heavy (non-hydrogen) atoms. The highest BCUT2D eigenvalue weighted by molar-refractivity contribution is 5.79. The largest absolute Gasteiger partial charge is 0.391 e. The number of aliphatic hydroxyl groups excluding tert-OH is 1. The lowest BCUT2D eigenvalue weighted by Crippen LogP contribution is -2.31. The predicted molar refractivity (Wildman–Crippen MR) is 68.7 cm³/mol. The number of carbonyl (C=O) groups excluding carboxylic acids is 1. The SMILES string of the molecule is Cc1c(CC(=O)N2CC[C@@H](O)C2)cccc1[N+](=O)[O-]. The van der Waals surface area contributed by atoms with Crippen LogP contribution in [0.25, 0.3) is 0 Å². The van der Waals surface area contributed by atoms with Crippen molar-refractivity contribution in [2.75, 3.05) is 13.1 Å². The van der Waals surface area contributed by atoms with Crippen LogP contribution in [0, 0.1) is 17.0 Å². The summed E-state index contributed by atoms with van der Waals surface area (Å²) in [5.74, 6) is -0.0971. The molecule has 1 aromatic carbocycles. The van der Waals surface area contributed by atoms with Crippen LogP contribution in [-0.4, -0.2) is 40.0 Å². The van der Waals surface area contributed by atoms with Gasteiger partial charge in [0.1, 0.15) is 0 Å². The highest BCUT2D eigenvalue weighted by atomic mass is 16.6. The Morgan fingerprint density at radius 3 is 2.89 bits per heavy atom. The number of nitro groups is 1. The van der Waals surface area contributed by atoms with Gasteiger partial charge in [-0.1, -0.05) is 12.1 Å². The zero-order chi connectivity index (χ0) is 14.0. The molecule has 0 saturated carbocycles. The fraction of sp³-hybridized carbons (Fsp3) is 0.462. The molecule has 6 heteroatoms. The molecule has 0 unspecified atom stereocenters. The van der Waals surface area contributed by atoms with E-state index < -0.39 is 11.0 Å². The van der Waals surface area contributed by atoms with Gasteiger partial charge in [0, 0.05) is 24.7 Å². The third kappa shape index (κ3) is 2.90. The quantitative estimate of drug-likeness (QED) is 0.653. The van der Waals surface area contributed by atoms with Crippen molar-refractivity contribution >= 4 is 11.6 Å². The number of aliphatic hydroxyl groups is 1. The summed E-state index contributed by atoms with van der Waals surface area (Å²) in [6.45, 7) is 2.56. The number of amides is 1. The van der Waals surface area contributed by atoms with Gasteiger partial charge < -0.3 is 10.0 Å². The summed E-state index contributed by atoms with van der Waals surface area (Å²) in [6.07, 6.45) is 0.287. The Hall–Kier alpha value is -1.95. The Morgan fingerprint density at radius 2 is 2.32 bits per heavy atom. The minimum Gasteiger partial charge on any atom is -0.391 e. The number of β-amino-alcohol motifs (C(OH)–C–C–N with tert-alkyl or cyclic N) is 1. The van der Waals surface area contributed by atoms with Crippen LogP contribution in [0.4, 0.5) is 5.69 Å². The molecular formula is C13H16N2O4. The van der Waals surface area contributed by atoms with Crippen molar-refractivity contribution in [3.05, 3.63) is 39.4 Å². The number of hydrogen-bond donors (Lipinski definition) is 1. The van der Waals surface area contributed by atoms with Crippen molar-refractivity contribution in [1.29, 1.82) is 0 Å². The summed E-state index contributed by atoms with van der Waals surface area (Å²) in [5.41, 5.74) is 1.23. The minimum atomic E-state index is -0.449. The summed E-state index contributed by atoms with van der Waals surface area (Å²) in [4.78, 5) is 24.0. The van der Waals surface area contributed by atoms with Gasteiger partial charge in [-0.15, -0.1) is 0 Å². The number of carbonyl (C=O) groups is 1. The Morgan fingerprint density at radius 1 is 1.58 bits per heavy atom. The monoisotopic (exact) mass is 264 g/mol. The lowest BCUT2D eigenvalue weighted by atomic mass is 10.0. The third-order valence-corrected chi connectivity index (χ3v) is 3.47. The first-order valence-electron chi connectivity index (χ1n) is 6.17. The Bertz CT molecular complexity index is 515. The number of benzene rings is 1. The van der Waals surface area contributed by atoms with Crippen LogP contribution in [0.3, 0.4) is 0 Å². The molecule has 1 atom stereocenters. The highest BCUT2D eigenvalue weighted by Crippen LogP contribution is 2.22. The first-order chi connectivity index (χ1) is 8.99. The predicted octanol–water partition coefficient (Wildman–Crippen LogP) is 1.04. The van der Waals surface area contributed by atoms with Crippen molar-refractivity contribution in [2.45, 2.75) is 25.9 Å². The Kier molecular flexibility index (Phi) is 3.80.